The summed E-state index contributed by atoms with van der Waals surface area (Å²) in [6, 6.07) is 7.91. The third-order valence-electron chi connectivity index (χ3n) is 4.36. The van der Waals surface area contributed by atoms with Gasteiger partial charge in [-0.3, -0.25) is 9.48 Å². The number of fused-ring (bicyclic) bond motifs is 1. The highest BCUT2D eigenvalue weighted by atomic mass is 16.2. The molecule has 1 N–H and O–H groups in total. The van der Waals surface area contributed by atoms with Crippen molar-refractivity contribution in [3.63, 3.8) is 0 Å². The maximum atomic E-state index is 12.9. The fraction of sp³-hybridized carbons (Fsp3) is 0.444. The molecule has 0 spiro atoms. The molecule has 2 heterocycles. The van der Waals surface area contributed by atoms with Gasteiger partial charge in [0.1, 0.15) is 6.04 Å². The van der Waals surface area contributed by atoms with Crippen molar-refractivity contribution in [2.24, 2.45) is 7.05 Å². The van der Waals surface area contributed by atoms with Crippen molar-refractivity contribution in [3.05, 3.63) is 41.7 Å². The lowest BCUT2D eigenvalue weighted by molar-refractivity contribution is -0.119. The summed E-state index contributed by atoms with van der Waals surface area (Å²) < 4.78 is 1.79. The van der Waals surface area contributed by atoms with Crippen LogP contribution in [0.1, 0.15) is 31.5 Å². The van der Waals surface area contributed by atoms with E-state index in [0.29, 0.717) is 0 Å². The summed E-state index contributed by atoms with van der Waals surface area (Å²) in [5.41, 5.74) is 4.25. The van der Waals surface area contributed by atoms with Crippen LogP contribution in [-0.2, 0) is 24.7 Å². The van der Waals surface area contributed by atoms with Gasteiger partial charge < -0.3 is 10.2 Å². The fourth-order valence-electron chi connectivity index (χ4n) is 3.21. The molecule has 1 atom stereocenters. The SMILES string of the molecule is CCc1nn(C)cc1NC(C)C(=O)N1CCCc2ccccc21. The second-order valence-electron chi connectivity index (χ2n) is 6.10. The van der Waals surface area contributed by atoms with Crippen LogP contribution in [0.2, 0.25) is 0 Å². The van der Waals surface area contributed by atoms with E-state index in [9.17, 15) is 4.79 Å². The number of nitrogens with zero attached hydrogens (tertiary/aromatic N) is 3. The highest BCUT2D eigenvalue weighted by Crippen LogP contribution is 2.27. The van der Waals surface area contributed by atoms with E-state index < -0.39 is 0 Å². The summed E-state index contributed by atoms with van der Waals surface area (Å²) in [6.45, 7) is 4.78. The van der Waals surface area contributed by atoms with Gasteiger partial charge in [0.05, 0.1) is 11.4 Å². The van der Waals surface area contributed by atoms with Gasteiger partial charge in [-0.25, -0.2) is 0 Å². The summed E-state index contributed by atoms with van der Waals surface area (Å²) in [4.78, 5) is 14.8. The van der Waals surface area contributed by atoms with Crippen LogP contribution in [0.4, 0.5) is 11.4 Å². The fourth-order valence-corrected chi connectivity index (χ4v) is 3.21. The minimum absolute atomic E-state index is 0.114. The third kappa shape index (κ3) is 3.09. The Balaban J connectivity index is 1.78. The van der Waals surface area contributed by atoms with Gasteiger partial charge in [0, 0.05) is 25.5 Å². The van der Waals surface area contributed by atoms with E-state index in [4.69, 9.17) is 0 Å². The molecule has 0 aliphatic carbocycles. The van der Waals surface area contributed by atoms with Crippen LogP contribution in [-0.4, -0.2) is 28.3 Å². The number of carbonyl (C=O) groups is 1. The molecule has 122 valence electrons. The first-order valence-corrected chi connectivity index (χ1v) is 8.28. The van der Waals surface area contributed by atoms with Crippen molar-refractivity contribution in [1.82, 2.24) is 9.78 Å². The Bertz CT molecular complexity index is 707. The second-order valence-corrected chi connectivity index (χ2v) is 6.10. The van der Waals surface area contributed by atoms with Gasteiger partial charge in [-0.2, -0.15) is 5.10 Å². The Morgan fingerprint density at radius 2 is 2.17 bits per heavy atom. The zero-order chi connectivity index (χ0) is 16.4. The Morgan fingerprint density at radius 1 is 1.39 bits per heavy atom. The number of hydrogen-bond donors (Lipinski definition) is 1. The zero-order valence-corrected chi connectivity index (χ0v) is 14.0. The predicted octanol–water partition coefficient (Wildman–Crippen LogP) is 2.76. The molecule has 0 fully saturated rings. The third-order valence-corrected chi connectivity index (χ3v) is 4.36. The van der Waals surface area contributed by atoms with Crippen molar-refractivity contribution >= 4 is 17.3 Å². The minimum atomic E-state index is -0.282. The van der Waals surface area contributed by atoms with Crippen molar-refractivity contribution in [3.8, 4) is 0 Å². The van der Waals surface area contributed by atoms with Crippen molar-refractivity contribution in [1.29, 1.82) is 0 Å². The largest absolute Gasteiger partial charge is 0.371 e. The molecule has 3 rings (SSSR count). The summed E-state index contributed by atoms with van der Waals surface area (Å²) >= 11 is 0. The molecule has 1 aromatic carbocycles. The van der Waals surface area contributed by atoms with Crippen LogP contribution >= 0.6 is 0 Å². The normalized spacial score (nSPS) is 15.2. The van der Waals surface area contributed by atoms with E-state index in [-0.39, 0.29) is 11.9 Å². The highest BCUT2D eigenvalue weighted by molar-refractivity contribution is 5.99. The highest BCUT2D eigenvalue weighted by Gasteiger charge is 2.26. The van der Waals surface area contributed by atoms with Crippen LogP contribution < -0.4 is 10.2 Å². The van der Waals surface area contributed by atoms with E-state index in [2.05, 4.69) is 23.4 Å². The molecule has 1 amide bonds. The number of hydrogen-bond acceptors (Lipinski definition) is 3. The van der Waals surface area contributed by atoms with Crippen molar-refractivity contribution in [2.45, 2.75) is 39.2 Å². The zero-order valence-electron chi connectivity index (χ0n) is 14.0. The molecule has 1 aliphatic heterocycles. The number of amides is 1. The number of aromatic nitrogens is 2. The van der Waals surface area contributed by atoms with Crippen LogP contribution in [0.3, 0.4) is 0 Å². The maximum absolute atomic E-state index is 12.9. The Labute approximate surface area is 137 Å². The molecule has 1 aromatic heterocycles. The number of anilines is 2. The van der Waals surface area contributed by atoms with Gasteiger partial charge in [-0.05, 0) is 37.8 Å². The van der Waals surface area contributed by atoms with Crippen LogP contribution in [0, 0.1) is 0 Å². The molecule has 1 unspecified atom stereocenters. The van der Waals surface area contributed by atoms with E-state index in [1.54, 1.807) is 4.68 Å². The first kappa shape index (κ1) is 15.6. The maximum Gasteiger partial charge on any atom is 0.249 e. The number of aryl methyl sites for hydroxylation is 3. The average molecular weight is 312 g/mol. The van der Waals surface area contributed by atoms with Gasteiger partial charge in [-0.15, -0.1) is 0 Å². The predicted molar refractivity (Wildman–Crippen MR) is 92.8 cm³/mol. The summed E-state index contributed by atoms with van der Waals surface area (Å²) in [5, 5.41) is 7.75. The van der Waals surface area contributed by atoms with E-state index >= 15 is 0 Å². The van der Waals surface area contributed by atoms with Crippen molar-refractivity contribution in [2.75, 3.05) is 16.8 Å². The lowest BCUT2D eigenvalue weighted by Gasteiger charge is -2.31. The number of para-hydroxylation sites is 1. The molecule has 0 radical (unpaired) electrons. The molecule has 5 nitrogen and oxygen atoms in total. The molecule has 0 bridgehead atoms. The molecule has 1 aliphatic rings. The minimum Gasteiger partial charge on any atom is -0.371 e. The Hall–Kier alpha value is -2.30. The van der Waals surface area contributed by atoms with Crippen LogP contribution in [0.25, 0.3) is 0 Å². The molecule has 23 heavy (non-hydrogen) atoms. The summed E-state index contributed by atoms with van der Waals surface area (Å²) in [5.74, 6) is 0.114. The van der Waals surface area contributed by atoms with Gasteiger partial charge in [-0.1, -0.05) is 25.1 Å². The first-order chi connectivity index (χ1) is 11.1. The topological polar surface area (TPSA) is 50.2 Å². The van der Waals surface area contributed by atoms with Crippen LogP contribution in [0.5, 0.6) is 0 Å². The quantitative estimate of drug-likeness (QED) is 0.944. The van der Waals surface area contributed by atoms with Gasteiger partial charge >= 0.3 is 0 Å². The second kappa shape index (κ2) is 6.44. The van der Waals surface area contributed by atoms with Gasteiger partial charge in [0.15, 0.2) is 0 Å². The van der Waals surface area contributed by atoms with Gasteiger partial charge in [0.2, 0.25) is 5.91 Å². The van der Waals surface area contributed by atoms with Gasteiger partial charge in [0.25, 0.3) is 0 Å². The number of rotatable bonds is 4. The average Bonchev–Trinajstić information content (AvgIpc) is 2.93. The molecule has 5 heteroatoms. The molecule has 2 aromatic rings. The van der Waals surface area contributed by atoms with E-state index in [1.807, 2.05) is 43.3 Å². The smallest absolute Gasteiger partial charge is 0.249 e. The summed E-state index contributed by atoms with van der Waals surface area (Å²) in [7, 11) is 1.90. The monoisotopic (exact) mass is 312 g/mol. The first-order valence-electron chi connectivity index (χ1n) is 8.28. The molecule has 0 saturated carbocycles. The Morgan fingerprint density at radius 3 is 2.96 bits per heavy atom. The summed E-state index contributed by atoms with van der Waals surface area (Å²) in [6.07, 6.45) is 4.84. The number of carbonyl (C=O) groups excluding carboxylic acids is 1. The molecular weight excluding hydrogens is 288 g/mol. The van der Waals surface area contributed by atoms with Crippen LogP contribution in [0.15, 0.2) is 30.5 Å². The van der Waals surface area contributed by atoms with E-state index in [0.717, 1.165) is 42.9 Å². The number of nitrogens with one attached hydrogen (secondary N) is 1. The molecular formula is C18H24N4O. The lowest BCUT2D eigenvalue weighted by Crippen LogP contribution is -2.44. The molecule has 0 saturated heterocycles. The van der Waals surface area contributed by atoms with Crippen molar-refractivity contribution < 1.29 is 4.79 Å². The Kier molecular flexibility index (Phi) is 4.37. The van der Waals surface area contributed by atoms with E-state index in [1.165, 1.54) is 5.56 Å². The lowest BCUT2D eigenvalue weighted by atomic mass is 10.0. The standard InChI is InChI=1S/C18H24N4O/c1-4-15-16(12-21(3)20-15)19-13(2)18(23)22-11-7-9-14-8-5-6-10-17(14)22/h5-6,8,10,12-13,19H,4,7,9,11H2,1-3H3. The number of benzene rings is 1.